The van der Waals surface area contributed by atoms with Crippen LogP contribution < -0.4 is 0 Å². The van der Waals surface area contributed by atoms with Gasteiger partial charge in [0, 0.05) is 19.5 Å². The van der Waals surface area contributed by atoms with Crippen LogP contribution in [0.15, 0.2) is 11.6 Å². The van der Waals surface area contributed by atoms with Crippen molar-refractivity contribution in [2.24, 2.45) is 0 Å². The van der Waals surface area contributed by atoms with Crippen molar-refractivity contribution in [1.29, 1.82) is 0 Å². The van der Waals surface area contributed by atoms with E-state index in [-0.39, 0.29) is 6.47 Å². The summed E-state index contributed by atoms with van der Waals surface area (Å²) in [5.74, 6) is 0.329. The molecule has 92 valence electrons. The van der Waals surface area contributed by atoms with Crippen molar-refractivity contribution in [3.05, 3.63) is 11.6 Å². The van der Waals surface area contributed by atoms with E-state index >= 15 is 0 Å². The minimum Gasteiger partial charge on any atom is -0.483 e. The van der Waals surface area contributed by atoms with Crippen LogP contribution in [-0.4, -0.2) is 35.5 Å². The molecule has 4 heteroatoms. The Labute approximate surface area is 96.9 Å². The highest BCUT2D eigenvalue weighted by Gasteiger charge is 2.16. The van der Waals surface area contributed by atoms with Crippen molar-refractivity contribution in [3.8, 4) is 0 Å². The average Bonchev–Trinajstić information content (AvgIpc) is 2.70. The first-order valence-electron chi connectivity index (χ1n) is 5.60. The summed E-state index contributed by atoms with van der Waals surface area (Å²) < 4.78 is 0. The van der Waals surface area contributed by atoms with Gasteiger partial charge in [-0.15, -0.1) is 0 Å². The first-order chi connectivity index (χ1) is 7.61. The lowest BCUT2D eigenvalue weighted by atomic mass is 10.2. The Morgan fingerprint density at radius 2 is 1.81 bits per heavy atom. The van der Waals surface area contributed by atoms with Crippen LogP contribution in [0.3, 0.4) is 0 Å². The quantitative estimate of drug-likeness (QED) is 0.593. The lowest BCUT2D eigenvalue weighted by molar-refractivity contribution is -0.130. The molecule has 1 aliphatic rings. The van der Waals surface area contributed by atoms with Gasteiger partial charge in [-0.05, 0) is 33.1 Å². The number of amides is 1. The van der Waals surface area contributed by atoms with Crippen LogP contribution in [0.1, 0.15) is 39.5 Å². The van der Waals surface area contributed by atoms with E-state index in [1.54, 1.807) is 0 Å². The summed E-state index contributed by atoms with van der Waals surface area (Å²) in [6.45, 7) is 5.85. The van der Waals surface area contributed by atoms with E-state index in [1.165, 1.54) is 18.4 Å². The largest absolute Gasteiger partial charge is 0.483 e. The van der Waals surface area contributed by atoms with Crippen LogP contribution >= 0.6 is 0 Å². The Morgan fingerprint density at radius 1 is 1.31 bits per heavy atom. The smallest absolute Gasteiger partial charge is 0.290 e. The normalized spacial score (nSPS) is 13.8. The second-order valence-corrected chi connectivity index (χ2v) is 4.01. The Kier molecular flexibility index (Phi) is 8.21. The van der Waals surface area contributed by atoms with Gasteiger partial charge in [0.2, 0.25) is 5.91 Å². The Morgan fingerprint density at radius 3 is 2.25 bits per heavy atom. The van der Waals surface area contributed by atoms with E-state index in [0.29, 0.717) is 12.3 Å². The number of carboxylic acid groups (broad SMARTS) is 1. The number of carbonyl (C=O) groups is 2. The maximum absolute atomic E-state index is 11.5. The zero-order chi connectivity index (χ0) is 12.4. The van der Waals surface area contributed by atoms with E-state index in [1.807, 2.05) is 4.90 Å². The lowest BCUT2D eigenvalue weighted by Crippen LogP contribution is -2.27. The molecule has 0 unspecified atom stereocenters. The predicted molar refractivity (Wildman–Crippen MR) is 63.2 cm³/mol. The summed E-state index contributed by atoms with van der Waals surface area (Å²) in [6, 6.07) is 0. The van der Waals surface area contributed by atoms with Gasteiger partial charge in [-0.2, -0.15) is 0 Å². The van der Waals surface area contributed by atoms with Gasteiger partial charge in [0.05, 0.1) is 0 Å². The highest BCUT2D eigenvalue weighted by atomic mass is 16.3. The van der Waals surface area contributed by atoms with Crippen molar-refractivity contribution in [2.75, 3.05) is 13.1 Å². The third-order valence-corrected chi connectivity index (χ3v) is 2.37. The molecule has 0 bridgehead atoms. The fraction of sp³-hybridized carbons (Fsp3) is 0.667. The molecule has 0 aromatic heterocycles. The van der Waals surface area contributed by atoms with Crippen LogP contribution in [0.25, 0.3) is 0 Å². The van der Waals surface area contributed by atoms with Crippen LogP contribution in [-0.2, 0) is 9.59 Å². The van der Waals surface area contributed by atoms with E-state index in [4.69, 9.17) is 9.90 Å². The van der Waals surface area contributed by atoms with Gasteiger partial charge >= 0.3 is 0 Å². The molecule has 1 fully saturated rings. The highest BCUT2D eigenvalue weighted by Crippen LogP contribution is 2.10. The van der Waals surface area contributed by atoms with E-state index in [2.05, 4.69) is 19.9 Å². The average molecular weight is 227 g/mol. The molecule has 1 aliphatic heterocycles. The van der Waals surface area contributed by atoms with E-state index in [9.17, 15) is 4.79 Å². The second kappa shape index (κ2) is 8.95. The van der Waals surface area contributed by atoms with Crippen LogP contribution in [0.5, 0.6) is 0 Å². The number of nitrogens with zero attached hydrogens (tertiary/aromatic N) is 1. The summed E-state index contributed by atoms with van der Waals surface area (Å²) in [5.41, 5.74) is 1.30. The van der Waals surface area contributed by atoms with Gasteiger partial charge in [-0.25, -0.2) is 0 Å². The van der Waals surface area contributed by atoms with Crippen LogP contribution in [0.4, 0.5) is 0 Å². The lowest BCUT2D eigenvalue weighted by Gasteiger charge is -2.14. The minimum atomic E-state index is -0.250. The van der Waals surface area contributed by atoms with E-state index in [0.717, 1.165) is 19.5 Å². The molecule has 0 aliphatic carbocycles. The summed E-state index contributed by atoms with van der Waals surface area (Å²) in [7, 11) is 0. The number of carbonyl (C=O) groups excluding carboxylic acids is 1. The Balaban J connectivity index is 0.000000673. The Bertz CT molecular complexity index is 239. The number of allylic oxidation sites excluding steroid dienone is 2. The van der Waals surface area contributed by atoms with Gasteiger partial charge in [-0.3, -0.25) is 9.59 Å². The maximum Gasteiger partial charge on any atom is 0.290 e. The van der Waals surface area contributed by atoms with Crippen molar-refractivity contribution in [3.63, 3.8) is 0 Å². The molecular weight excluding hydrogens is 206 g/mol. The van der Waals surface area contributed by atoms with Gasteiger partial charge < -0.3 is 10.0 Å². The molecular formula is C12H21NO3. The number of rotatable bonds is 3. The molecule has 4 nitrogen and oxygen atoms in total. The summed E-state index contributed by atoms with van der Waals surface area (Å²) in [6.07, 6.45) is 6.10. The molecule has 1 amide bonds. The van der Waals surface area contributed by atoms with Gasteiger partial charge in [0.25, 0.3) is 6.47 Å². The summed E-state index contributed by atoms with van der Waals surface area (Å²) in [5, 5.41) is 6.89. The summed E-state index contributed by atoms with van der Waals surface area (Å²) >= 11 is 0. The van der Waals surface area contributed by atoms with E-state index < -0.39 is 0 Å². The maximum atomic E-state index is 11.5. The third kappa shape index (κ3) is 7.04. The second-order valence-electron chi connectivity index (χ2n) is 4.01. The molecule has 0 radical (unpaired) electrons. The molecule has 1 rings (SSSR count). The molecule has 0 atom stereocenters. The zero-order valence-electron chi connectivity index (χ0n) is 10.1. The van der Waals surface area contributed by atoms with Gasteiger partial charge in [0.1, 0.15) is 0 Å². The zero-order valence-corrected chi connectivity index (χ0v) is 10.1. The molecule has 0 spiro atoms. The van der Waals surface area contributed by atoms with Crippen molar-refractivity contribution >= 4 is 12.4 Å². The fourth-order valence-electron chi connectivity index (χ4n) is 1.61. The highest BCUT2D eigenvalue weighted by molar-refractivity contribution is 5.76. The van der Waals surface area contributed by atoms with Crippen LogP contribution in [0.2, 0.25) is 0 Å². The number of likely N-dealkylation sites (tertiary alicyclic amines) is 1. The molecule has 0 saturated carbocycles. The van der Waals surface area contributed by atoms with Crippen molar-refractivity contribution in [1.82, 2.24) is 4.90 Å². The SMILES string of the molecule is CC(C)=CCCC(=O)N1CCCC1.O=CO. The molecule has 0 aromatic carbocycles. The summed E-state index contributed by atoms with van der Waals surface area (Å²) in [4.78, 5) is 21.9. The molecule has 1 heterocycles. The van der Waals surface area contributed by atoms with Gasteiger partial charge in [-0.1, -0.05) is 11.6 Å². The fourth-order valence-corrected chi connectivity index (χ4v) is 1.61. The standard InChI is InChI=1S/C11H19NO.CH2O2/c1-10(2)6-5-7-11(13)12-8-3-4-9-12;2-1-3/h6H,3-5,7-9H2,1-2H3;1H,(H,2,3). The first-order valence-corrected chi connectivity index (χ1v) is 5.60. The third-order valence-electron chi connectivity index (χ3n) is 2.37. The minimum absolute atomic E-state index is 0.250. The Hall–Kier alpha value is -1.32. The van der Waals surface area contributed by atoms with Crippen molar-refractivity contribution < 1.29 is 14.7 Å². The molecule has 1 saturated heterocycles. The van der Waals surface area contributed by atoms with Gasteiger partial charge in [0.15, 0.2) is 0 Å². The number of hydrogen-bond acceptors (Lipinski definition) is 2. The van der Waals surface area contributed by atoms with Crippen LogP contribution in [0, 0.1) is 0 Å². The monoisotopic (exact) mass is 227 g/mol. The molecule has 16 heavy (non-hydrogen) atoms. The topological polar surface area (TPSA) is 57.6 Å². The number of hydrogen-bond donors (Lipinski definition) is 1. The molecule has 0 aromatic rings. The first kappa shape index (κ1) is 14.7. The molecule has 1 N–H and O–H groups in total. The predicted octanol–water partition coefficient (Wildman–Crippen LogP) is 2.06. The van der Waals surface area contributed by atoms with Crippen molar-refractivity contribution in [2.45, 2.75) is 39.5 Å².